The smallest absolute Gasteiger partial charge is 0.255 e. The Kier molecular flexibility index (Phi) is 9.06. The summed E-state index contributed by atoms with van der Waals surface area (Å²) in [4.78, 5) is 0. The number of fused-ring (bicyclic) bond motifs is 15. The minimum absolute atomic E-state index is 0.266. The zero-order valence-corrected chi connectivity index (χ0v) is 47.3. The molecule has 0 saturated carbocycles. The molecule has 21 rings (SSSR count). The van der Waals surface area contributed by atoms with E-state index in [1.54, 1.807) is 0 Å². The molecule has 2 unspecified atom stereocenters. The van der Waals surface area contributed by atoms with Crippen molar-refractivity contribution in [3.05, 3.63) is 279 Å². The molecule has 406 valence electrons. The zero-order valence-electron chi connectivity index (χ0n) is 47.3. The molecule has 15 aromatic carbocycles. The van der Waals surface area contributed by atoms with Crippen molar-refractivity contribution in [2.45, 2.75) is 12.2 Å². The third-order valence-corrected chi connectivity index (χ3v) is 19.7. The second-order valence-corrected chi connectivity index (χ2v) is 24.2. The van der Waals surface area contributed by atoms with E-state index in [1.807, 2.05) is 0 Å². The average Bonchev–Trinajstić information content (AvgIpc) is 1.53. The molecule has 0 saturated heterocycles. The van der Waals surface area contributed by atoms with Crippen molar-refractivity contribution in [3.8, 4) is 22.9 Å². The summed E-state index contributed by atoms with van der Waals surface area (Å²) in [5.74, 6) is 1.71. The Morgan fingerprint density at radius 2 is 0.693 bits per heavy atom. The second kappa shape index (κ2) is 17.1. The van der Waals surface area contributed by atoms with E-state index in [-0.39, 0.29) is 12.2 Å². The van der Waals surface area contributed by atoms with E-state index >= 15 is 0 Å². The van der Waals surface area contributed by atoms with Crippen molar-refractivity contribution >= 4 is 164 Å². The molecule has 0 spiro atoms. The molecule has 2 aliphatic carbocycles. The molecule has 4 heterocycles. The van der Waals surface area contributed by atoms with E-state index in [2.05, 4.69) is 297 Å². The van der Waals surface area contributed by atoms with E-state index in [1.165, 1.54) is 108 Å². The highest BCUT2D eigenvalue weighted by atomic mass is 16.5. The highest BCUT2D eigenvalue weighted by Gasteiger charge is 2.40. The fourth-order valence-electron chi connectivity index (χ4n) is 16.0. The lowest BCUT2D eigenvalue weighted by molar-refractivity contribution is 0.304. The van der Waals surface area contributed by atoms with Crippen LogP contribution in [0.2, 0.25) is 0 Å². The Morgan fingerprint density at radius 1 is 0.284 bits per heavy atom. The fraction of sp³-hybridized carbons (Fsp3) is 0.0244. The lowest BCUT2D eigenvalue weighted by Gasteiger charge is -2.24. The van der Waals surface area contributed by atoms with Crippen LogP contribution in [0.3, 0.4) is 0 Å². The van der Waals surface area contributed by atoms with Crippen molar-refractivity contribution in [3.63, 3.8) is 0 Å². The van der Waals surface area contributed by atoms with Crippen LogP contribution < -0.4 is 18.6 Å². The first-order valence-corrected chi connectivity index (χ1v) is 30.4. The standard InChI is InChI=1S/C82H48N4O2/c1-3-17-55(18-4-1)83-67-45-69-75(43-63(67)81-61-35-31-49-15-11-13-47-25-29-53(41-71(81)83)79(61)77(47)49)87-73-23-9-7-21-65(73)85(69)57-33-37-59-51(39-57)27-28-52-40-58(34-38-60(52)59)86-66-22-8-10-24-74(66)88-76-44-64-68(46-70(76)86)84(56-19-5-2-6-20-56)72-42-54-30-26-48-14-12-16-50-32-36-62(82(64)72)80(54)78(48)50/h1-46,73-74H/q+2. The predicted octanol–water partition coefficient (Wildman–Crippen LogP) is 20.3. The first-order chi connectivity index (χ1) is 43.6. The Labute approximate surface area is 503 Å². The van der Waals surface area contributed by atoms with E-state index in [9.17, 15) is 0 Å². The number of hydrogen-bond donors (Lipinski definition) is 0. The van der Waals surface area contributed by atoms with Crippen LogP contribution in [-0.4, -0.2) is 32.8 Å². The molecule has 2 aromatic heterocycles. The molecule has 0 radical (unpaired) electrons. The van der Waals surface area contributed by atoms with E-state index in [4.69, 9.17) is 9.47 Å². The predicted molar refractivity (Wildman–Crippen MR) is 369 cm³/mol. The summed E-state index contributed by atoms with van der Waals surface area (Å²) in [5.41, 5.74) is 13.2. The van der Waals surface area contributed by atoms with Crippen LogP contribution in [0.15, 0.2) is 279 Å². The largest absolute Gasteiger partial charge is 0.468 e. The van der Waals surface area contributed by atoms with Crippen molar-refractivity contribution in [1.82, 2.24) is 18.3 Å². The van der Waals surface area contributed by atoms with Gasteiger partial charge in [-0.25, -0.2) is 0 Å². The van der Waals surface area contributed by atoms with Gasteiger partial charge in [0, 0.05) is 81.5 Å². The summed E-state index contributed by atoms with van der Waals surface area (Å²) >= 11 is 0. The first-order valence-electron chi connectivity index (χ1n) is 30.4. The summed E-state index contributed by atoms with van der Waals surface area (Å²) in [6.07, 6.45) is 16.7. The first kappa shape index (κ1) is 46.7. The lowest BCUT2D eigenvalue weighted by Crippen LogP contribution is -2.36. The van der Waals surface area contributed by atoms with Gasteiger partial charge in [-0.1, -0.05) is 158 Å². The number of allylic oxidation sites excluding steroid dienone is 4. The maximum atomic E-state index is 7.09. The van der Waals surface area contributed by atoms with Gasteiger partial charge in [-0.05, 0) is 159 Å². The van der Waals surface area contributed by atoms with E-state index < -0.39 is 0 Å². The van der Waals surface area contributed by atoms with Crippen molar-refractivity contribution in [2.75, 3.05) is 0 Å². The molecular formula is C82H48N4O2+2. The molecular weight excluding hydrogens is 1070 g/mol. The van der Waals surface area contributed by atoms with Gasteiger partial charge in [0.1, 0.15) is 0 Å². The maximum Gasteiger partial charge on any atom is 0.255 e. The van der Waals surface area contributed by atoms with Crippen molar-refractivity contribution < 1.29 is 9.47 Å². The summed E-state index contributed by atoms with van der Waals surface area (Å²) in [5, 5.41) is 24.8. The molecule has 0 fully saturated rings. The maximum absolute atomic E-state index is 7.09. The van der Waals surface area contributed by atoms with Crippen LogP contribution in [0.25, 0.3) is 141 Å². The van der Waals surface area contributed by atoms with Crippen LogP contribution in [0.5, 0.6) is 11.5 Å². The Morgan fingerprint density at radius 3 is 1.15 bits per heavy atom. The lowest BCUT2D eigenvalue weighted by atomic mass is 9.92. The summed E-state index contributed by atoms with van der Waals surface area (Å²) in [6, 6.07) is 86.0. The Bertz CT molecular complexity index is 5820. The summed E-state index contributed by atoms with van der Waals surface area (Å²) in [6.45, 7) is 0. The minimum Gasteiger partial charge on any atom is -0.468 e. The molecule has 0 bridgehead atoms. The third kappa shape index (κ3) is 6.24. The molecule has 2 atom stereocenters. The van der Waals surface area contributed by atoms with Gasteiger partial charge in [-0.3, -0.25) is 0 Å². The number of nitrogens with zero attached hydrogens (tertiary/aromatic N) is 4. The van der Waals surface area contributed by atoms with Gasteiger partial charge < -0.3 is 18.6 Å². The summed E-state index contributed by atoms with van der Waals surface area (Å²) in [7, 11) is 0. The van der Waals surface area contributed by atoms with Gasteiger partial charge in [0.15, 0.2) is 11.5 Å². The normalized spacial score (nSPS) is 16.3. The highest BCUT2D eigenvalue weighted by molar-refractivity contribution is 6.35. The Balaban J connectivity index is 0.732. The summed E-state index contributed by atoms with van der Waals surface area (Å²) < 4.78 is 24.0. The number of ether oxygens (including phenoxy) is 2. The molecule has 88 heavy (non-hydrogen) atoms. The fourth-order valence-corrected chi connectivity index (χ4v) is 16.0. The van der Waals surface area contributed by atoms with Gasteiger partial charge in [0.2, 0.25) is 35.0 Å². The number of para-hydroxylation sites is 2. The molecule has 2 aliphatic heterocycles. The van der Waals surface area contributed by atoms with E-state index in [0.29, 0.717) is 0 Å². The monoisotopic (exact) mass is 1120 g/mol. The third-order valence-electron chi connectivity index (χ3n) is 19.7. The number of benzene rings is 15. The van der Waals surface area contributed by atoms with Gasteiger partial charge in [0.05, 0.1) is 22.1 Å². The van der Waals surface area contributed by atoms with Gasteiger partial charge in [0.25, 0.3) is 11.4 Å². The number of rotatable bonds is 4. The van der Waals surface area contributed by atoms with Crippen LogP contribution in [0.1, 0.15) is 0 Å². The van der Waals surface area contributed by atoms with Gasteiger partial charge >= 0.3 is 0 Å². The van der Waals surface area contributed by atoms with E-state index in [0.717, 1.165) is 78.9 Å². The highest BCUT2D eigenvalue weighted by Crippen LogP contribution is 2.51. The molecule has 17 aromatic rings. The van der Waals surface area contributed by atoms with Crippen LogP contribution >= 0.6 is 0 Å². The minimum atomic E-state index is -0.266. The van der Waals surface area contributed by atoms with Crippen LogP contribution in [-0.2, 0) is 0 Å². The zero-order chi connectivity index (χ0) is 57.0. The molecule has 6 nitrogen and oxygen atoms in total. The van der Waals surface area contributed by atoms with Crippen molar-refractivity contribution in [2.24, 2.45) is 0 Å². The number of aromatic nitrogens is 2. The molecule has 0 amide bonds. The quantitative estimate of drug-likeness (QED) is 0.130. The second-order valence-electron chi connectivity index (χ2n) is 24.2. The van der Waals surface area contributed by atoms with Gasteiger partial charge in [-0.2, -0.15) is 9.15 Å². The van der Waals surface area contributed by atoms with Crippen LogP contribution in [0, 0.1) is 0 Å². The van der Waals surface area contributed by atoms with Crippen LogP contribution in [0.4, 0.5) is 22.7 Å². The van der Waals surface area contributed by atoms with Crippen molar-refractivity contribution in [1.29, 1.82) is 0 Å². The Hall–Kier alpha value is -11.6. The van der Waals surface area contributed by atoms with Gasteiger partial charge in [-0.15, -0.1) is 0 Å². The molecule has 0 N–H and O–H groups in total. The molecule has 4 aliphatic rings. The topological polar surface area (TPSA) is 34.3 Å². The number of hydrogen-bond acceptors (Lipinski definition) is 2. The average molecular weight is 1120 g/mol. The SMILES string of the molecule is C1=CC2=[N+](c3ccc4c(ccc5cc([N+]6=C7C=CC=CC7Oc7cc8c9c%10ccc%11cccc%12ccc(cc9n(-c9ccccc9)c8cc76)c%10c%12%11)ccc54)c3)c3cc4c(cc3OC2C=C1)c1c2ccc3cccc5ccc(cc1n4-c1ccccc1)c2c53. The molecule has 6 heteroatoms.